The van der Waals surface area contributed by atoms with E-state index >= 15 is 0 Å². The van der Waals surface area contributed by atoms with Gasteiger partial charge in [0.2, 0.25) is 0 Å². The Hall–Kier alpha value is -0.910. The Labute approximate surface area is 126 Å². The summed E-state index contributed by atoms with van der Waals surface area (Å²) >= 11 is 0. The van der Waals surface area contributed by atoms with Gasteiger partial charge in [0.25, 0.3) is 0 Å². The molecule has 1 aromatic rings. The zero-order valence-electron chi connectivity index (χ0n) is 12.2. The van der Waals surface area contributed by atoms with Gasteiger partial charge >= 0.3 is 0 Å². The molecule has 21 heavy (non-hydrogen) atoms. The van der Waals surface area contributed by atoms with Crippen LogP contribution in [-0.2, 0) is 9.84 Å². The van der Waals surface area contributed by atoms with Crippen LogP contribution in [0.15, 0.2) is 35.2 Å². The van der Waals surface area contributed by atoms with Gasteiger partial charge in [-0.15, -0.1) is 0 Å². The quantitative estimate of drug-likeness (QED) is 0.899. The Morgan fingerprint density at radius 3 is 2.29 bits per heavy atom. The van der Waals surface area contributed by atoms with E-state index in [0.717, 1.165) is 25.7 Å². The average Bonchev–Trinajstić information content (AvgIpc) is 2.74. The van der Waals surface area contributed by atoms with Gasteiger partial charge < -0.3 is 5.11 Å². The van der Waals surface area contributed by atoms with Crippen LogP contribution in [0.1, 0.15) is 25.7 Å². The molecule has 3 atom stereocenters. The molecule has 0 amide bonds. The lowest BCUT2D eigenvalue weighted by atomic mass is 9.91. The van der Waals surface area contributed by atoms with Crippen molar-refractivity contribution in [2.75, 3.05) is 18.9 Å². The fourth-order valence-electron chi connectivity index (χ4n) is 3.87. The highest BCUT2D eigenvalue weighted by Crippen LogP contribution is 2.38. The monoisotopic (exact) mass is 309 g/mol. The van der Waals surface area contributed by atoms with Gasteiger partial charge in [-0.1, -0.05) is 18.2 Å². The lowest BCUT2D eigenvalue weighted by Gasteiger charge is -2.38. The number of piperidine rings is 1. The Morgan fingerprint density at radius 2 is 1.71 bits per heavy atom. The smallest absolute Gasteiger partial charge is 0.179 e. The van der Waals surface area contributed by atoms with Crippen molar-refractivity contribution in [2.24, 2.45) is 5.92 Å². The molecule has 4 nitrogen and oxygen atoms in total. The third-order valence-electron chi connectivity index (χ3n) is 4.96. The fourth-order valence-corrected chi connectivity index (χ4v) is 5.13. The first-order valence-corrected chi connectivity index (χ1v) is 9.40. The Bertz CT molecular complexity index is 558. The lowest BCUT2D eigenvalue weighted by Crippen LogP contribution is -2.45. The van der Waals surface area contributed by atoms with Crippen LogP contribution in [0, 0.1) is 5.92 Å². The minimum Gasteiger partial charge on any atom is -0.396 e. The van der Waals surface area contributed by atoms with Crippen molar-refractivity contribution in [3.05, 3.63) is 30.3 Å². The zero-order chi connectivity index (χ0) is 14.9. The minimum absolute atomic E-state index is 0.188. The molecule has 3 rings (SSSR count). The summed E-state index contributed by atoms with van der Waals surface area (Å²) in [7, 11) is -3.19. The number of hydrogen-bond donors (Lipinski definition) is 1. The first-order chi connectivity index (χ1) is 10.1. The number of aliphatic hydroxyl groups excluding tert-OH is 1. The number of sulfone groups is 1. The molecular weight excluding hydrogens is 286 g/mol. The van der Waals surface area contributed by atoms with E-state index in [1.807, 2.05) is 6.07 Å². The van der Waals surface area contributed by atoms with Crippen molar-refractivity contribution >= 4 is 9.84 Å². The molecule has 1 unspecified atom stereocenters. The van der Waals surface area contributed by atoms with Gasteiger partial charge in [-0.25, -0.2) is 8.42 Å². The predicted molar refractivity (Wildman–Crippen MR) is 81.8 cm³/mol. The fraction of sp³-hybridized carbons (Fsp3) is 0.625. The van der Waals surface area contributed by atoms with Crippen molar-refractivity contribution in [1.29, 1.82) is 0 Å². The van der Waals surface area contributed by atoms with Crippen LogP contribution in [0.25, 0.3) is 0 Å². The molecule has 2 saturated heterocycles. The van der Waals surface area contributed by atoms with Gasteiger partial charge in [-0.3, -0.25) is 4.90 Å². The third kappa shape index (κ3) is 3.15. The number of fused-ring (bicyclic) bond motifs is 2. The van der Waals surface area contributed by atoms with Crippen molar-refractivity contribution < 1.29 is 13.5 Å². The lowest BCUT2D eigenvalue weighted by molar-refractivity contribution is 0.0790. The maximum atomic E-state index is 12.4. The number of nitrogens with zero attached hydrogens (tertiary/aromatic N) is 1. The largest absolute Gasteiger partial charge is 0.396 e. The minimum atomic E-state index is -3.19. The van der Waals surface area contributed by atoms with E-state index in [2.05, 4.69) is 4.90 Å². The molecule has 2 bridgehead atoms. The van der Waals surface area contributed by atoms with Gasteiger partial charge in [0.15, 0.2) is 9.84 Å². The highest BCUT2D eigenvalue weighted by molar-refractivity contribution is 7.91. The van der Waals surface area contributed by atoms with E-state index in [1.54, 1.807) is 24.3 Å². The molecule has 2 aliphatic heterocycles. The number of hydrogen-bond acceptors (Lipinski definition) is 4. The Kier molecular flexibility index (Phi) is 4.33. The third-order valence-corrected chi connectivity index (χ3v) is 6.67. The molecule has 2 fully saturated rings. The van der Waals surface area contributed by atoms with Gasteiger partial charge in [0.05, 0.1) is 10.6 Å². The van der Waals surface area contributed by atoms with Crippen molar-refractivity contribution in [2.45, 2.75) is 42.7 Å². The summed E-state index contributed by atoms with van der Waals surface area (Å²) in [5.41, 5.74) is 0. The molecule has 2 heterocycles. The molecule has 0 aromatic heterocycles. The summed E-state index contributed by atoms with van der Waals surface area (Å²) in [6.07, 6.45) is 4.32. The molecule has 0 radical (unpaired) electrons. The molecule has 116 valence electrons. The standard InChI is InChI=1S/C16H23NO3S/c18-12-13-10-14-6-7-15(11-13)17(14)8-9-21(19,20)16-4-2-1-3-5-16/h1-5,13-15,18H,6-12H2/t13?,14-,15+. The summed E-state index contributed by atoms with van der Waals surface area (Å²) in [4.78, 5) is 2.79. The number of benzene rings is 1. The van der Waals surface area contributed by atoms with Crippen LogP contribution in [0.2, 0.25) is 0 Å². The summed E-state index contributed by atoms with van der Waals surface area (Å²) in [6.45, 7) is 0.883. The number of rotatable bonds is 5. The molecule has 5 heteroatoms. The van der Waals surface area contributed by atoms with Crippen LogP contribution in [0.4, 0.5) is 0 Å². The van der Waals surface area contributed by atoms with E-state index in [9.17, 15) is 13.5 Å². The van der Waals surface area contributed by atoms with Crippen molar-refractivity contribution in [3.63, 3.8) is 0 Å². The zero-order valence-corrected chi connectivity index (χ0v) is 13.0. The SMILES string of the molecule is O=S(=O)(CCN1[C@@H]2CC[C@H]1CC(CO)C2)c1ccccc1. The topological polar surface area (TPSA) is 57.6 Å². The maximum Gasteiger partial charge on any atom is 0.179 e. The van der Waals surface area contributed by atoms with E-state index in [1.165, 1.54) is 0 Å². The number of aliphatic hydroxyl groups is 1. The van der Waals surface area contributed by atoms with E-state index in [0.29, 0.717) is 29.4 Å². The molecule has 0 saturated carbocycles. The highest BCUT2D eigenvalue weighted by atomic mass is 32.2. The van der Waals surface area contributed by atoms with E-state index in [4.69, 9.17) is 0 Å². The first kappa shape index (κ1) is 15.0. The highest BCUT2D eigenvalue weighted by Gasteiger charge is 2.40. The summed E-state index contributed by atoms with van der Waals surface area (Å²) in [5, 5.41) is 9.33. The van der Waals surface area contributed by atoms with Crippen LogP contribution >= 0.6 is 0 Å². The van der Waals surface area contributed by atoms with Gasteiger partial charge in [-0.2, -0.15) is 0 Å². The predicted octanol–water partition coefficient (Wildman–Crippen LogP) is 1.70. The molecule has 0 spiro atoms. The Morgan fingerprint density at radius 1 is 1.10 bits per heavy atom. The summed E-state index contributed by atoms with van der Waals surface area (Å²) < 4.78 is 24.7. The molecule has 1 aromatic carbocycles. The van der Waals surface area contributed by atoms with Crippen LogP contribution < -0.4 is 0 Å². The van der Waals surface area contributed by atoms with Gasteiger partial charge in [0.1, 0.15) is 0 Å². The molecule has 1 N–H and O–H groups in total. The normalized spacial score (nSPS) is 29.7. The second-order valence-electron chi connectivity index (χ2n) is 6.27. The first-order valence-electron chi connectivity index (χ1n) is 7.74. The van der Waals surface area contributed by atoms with Gasteiger partial charge in [0, 0.05) is 25.2 Å². The van der Waals surface area contributed by atoms with Crippen LogP contribution in [-0.4, -0.2) is 49.4 Å². The summed E-state index contributed by atoms with van der Waals surface area (Å²) in [6, 6.07) is 9.63. The second-order valence-corrected chi connectivity index (χ2v) is 8.38. The Balaban J connectivity index is 1.64. The molecular formula is C16H23NO3S. The maximum absolute atomic E-state index is 12.4. The average molecular weight is 309 g/mol. The second kappa shape index (κ2) is 6.07. The van der Waals surface area contributed by atoms with Crippen LogP contribution in [0.3, 0.4) is 0 Å². The van der Waals surface area contributed by atoms with Crippen LogP contribution in [0.5, 0.6) is 0 Å². The van der Waals surface area contributed by atoms with E-state index in [-0.39, 0.29) is 12.4 Å². The molecule has 2 aliphatic rings. The van der Waals surface area contributed by atoms with Crippen molar-refractivity contribution in [1.82, 2.24) is 4.90 Å². The summed E-state index contributed by atoms with van der Waals surface area (Å²) in [5.74, 6) is 0.595. The van der Waals surface area contributed by atoms with Crippen molar-refractivity contribution in [3.8, 4) is 0 Å². The van der Waals surface area contributed by atoms with E-state index < -0.39 is 9.84 Å². The van der Waals surface area contributed by atoms with Gasteiger partial charge in [-0.05, 0) is 43.7 Å². The molecule has 0 aliphatic carbocycles.